The summed E-state index contributed by atoms with van der Waals surface area (Å²) >= 11 is 13.0. The van der Waals surface area contributed by atoms with Crippen LogP contribution in [0.5, 0.6) is 5.75 Å². The predicted molar refractivity (Wildman–Crippen MR) is 82.6 cm³/mol. The fourth-order valence-electron chi connectivity index (χ4n) is 2.39. The molecule has 20 heavy (non-hydrogen) atoms. The van der Waals surface area contributed by atoms with Crippen LogP contribution in [0.15, 0.2) is 24.3 Å². The molecule has 0 bridgehead atoms. The molecular weight excluding hydrogens is 315 g/mol. The summed E-state index contributed by atoms with van der Waals surface area (Å²) in [5.74, 6) is 0.579. The van der Waals surface area contributed by atoms with Crippen LogP contribution in [0.25, 0.3) is 0 Å². The van der Waals surface area contributed by atoms with Crippen molar-refractivity contribution >= 4 is 40.3 Å². The number of ether oxygens (including phenoxy) is 1. The first-order chi connectivity index (χ1) is 9.63. The summed E-state index contributed by atoms with van der Waals surface area (Å²) in [7, 11) is 0. The lowest BCUT2D eigenvalue weighted by Crippen LogP contribution is -2.11. The number of halogens is 2. The summed E-state index contributed by atoms with van der Waals surface area (Å²) in [6, 6.07) is 7.61. The van der Waals surface area contributed by atoms with Crippen molar-refractivity contribution in [1.29, 1.82) is 0 Å². The number of hydrogen-bond acceptors (Lipinski definition) is 3. The SMILES string of the molecule is O=C(COc1ccc2c(c1)CCC2)c1cc(Cl)sc1Cl. The van der Waals surface area contributed by atoms with Crippen molar-refractivity contribution < 1.29 is 9.53 Å². The van der Waals surface area contributed by atoms with Gasteiger partial charge in [-0.15, -0.1) is 11.3 Å². The number of rotatable bonds is 4. The van der Waals surface area contributed by atoms with Crippen LogP contribution < -0.4 is 4.74 Å². The lowest BCUT2D eigenvalue weighted by molar-refractivity contribution is 0.0922. The first-order valence-corrected chi connectivity index (χ1v) is 7.93. The van der Waals surface area contributed by atoms with Crippen LogP contribution in [-0.2, 0) is 12.8 Å². The Kier molecular flexibility index (Phi) is 4.01. The van der Waals surface area contributed by atoms with Crippen molar-refractivity contribution in [3.8, 4) is 5.75 Å². The average molecular weight is 327 g/mol. The van der Waals surface area contributed by atoms with E-state index in [1.54, 1.807) is 6.07 Å². The molecule has 0 spiro atoms. The molecule has 1 heterocycles. The van der Waals surface area contributed by atoms with Crippen molar-refractivity contribution in [3.63, 3.8) is 0 Å². The van der Waals surface area contributed by atoms with Gasteiger partial charge in [-0.1, -0.05) is 29.3 Å². The molecule has 3 rings (SSSR count). The van der Waals surface area contributed by atoms with Gasteiger partial charge in [0.2, 0.25) is 5.78 Å². The Morgan fingerprint density at radius 2 is 2.00 bits per heavy atom. The van der Waals surface area contributed by atoms with Crippen LogP contribution >= 0.6 is 34.5 Å². The summed E-state index contributed by atoms with van der Waals surface area (Å²) in [6.07, 6.45) is 3.42. The maximum absolute atomic E-state index is 12.0. The number of carbonyl (C=O) groups excluding carboxylic acids is 1. The van der Waals surface area contributed by atoms with Crippen LogP contribution in [0.2, 0.25) is 8.67 Å². The monoisotopic (exact) mass is 326 g/mol. The van der Waals surface area contributed by atoms with E-state index in [1.807, 2.05) is 12.1 Å². The molecule has 104 valence electrons. The summed E-state index contributed by atoms with van der Waals surface area (Å²) < 4.78 is 6.49. The molecular formula is C15H12Cl2O2S. The third kappa shape index (κ3) is 2.85. The lowest BCUT2D eigenvalue weighted by atomic mass is 10.1. The Bertz CT molecular complexity index is 664. The van der Waals surface area contributed by atoms with Gasteiger partial charge in [-0.2, -0.15) is 0 Å². The molecule has 1 aliphatic carbocycles. The van der Waals surface area contributed by atoms with Crippen molar-refractivity contribution in [2.75, 3.05) is 6.61 Å². The molecule has 0 fully saturated rings. The van der Waals surface area contributed by atoms with Crippen molar-refractivity contribution in [2.24, 2.45) is 0 Å². The Labute approximate surface area is 131 Å². The number of benzene rings is 1. The van der Waals surface area contributed by atoms with Crippen LogP contribution in [0.4, 0.5) is 0 Å². The number of thiophene rings is 1. The van der Waals surface area contributed by atoms with Gasteiger partial charge >= 0.3 is 0 Å². The smallest absolute Gasteiger partial charge is 0.202 e. The van der Waals surface area contributed by atoms with Crippen molar-refractivity contribution in [2.45, 2.75) is 19.3 Å². The lowest BCUT2D eigenvalue weighted by Gasteiger charge is -2.07. The van der Waals surface area contributed by atoms with Gasteiger partial charge in [0.1, 0.15) is 10.1 Å². The molecule has 1 aromatic carbocycles. The molecule has 2 nitrogen and oxygen atoms in total. The van der Waals surface area contributed by atoms with E-state index in [9.17, 15) is 4.79 Å². The van der Waals surface area contributed by atoms with E-state index < -0.39 is 0 Å². The maximum Gasteiger partial charge on any atom is 0.202 e. The normalized spacial score (nSPS) is 13.3. The Morgan fingerprint density at radius 1 is 1.20 bits per heavy atom. The maximum atomic E-state index is 12.0. The highest BCUT2D eigenvalue weighted by atomic mass is 35.5. The Balaban J connectivity index is 1.67. The zero-order chi connectivity index (χ0) is 14.1. The zero-order valence-corrected chi connectivity index (χ0v) is 12.9. The molecule has 0 aliphatic heterocycles. The van der Waals surface area contributed by atoms with Gasteiger partial charge in [-0.25, -0.2) is 0 Å². The first kappa shape index (κ1) is 13.9. The highest BCUT2D eigenvalue weighted by Gasteiger charge is 2.16. The molecule has 0 radical (unpaired) electrons. The molecule has 0 saturated heterocycles. The van der Waals surface area contributed by atoms with Gasteiger partial charge in [0.15, 0.2) is 6.61 Å². The number of fused-ring (bicyclic) bond motifs is 1. The summed E-state index contributed by atoms with van der Waals surface area (Å²) in [5, 5.41) is 0. The molecule has 0 N–H and O–H groups in total. The second-order valence-electron chi connectivity index (χ2n) is 4.73. The van der Waals surface area contributed by atoms with E-state index in [0.29, 0.717) is 14.2 Å². The third-order valence-electron chi connectivity index (χ3n) is 3.40. The van der Waals surface area contributed by atoms with Crippen molar-refractivity contribution in [1.82, 2.24) is 0 Å². The Morgan fingerprint density at radius 3 is 2.75 bits per heavy atom. The first-order valence-electron chi connectivity index (χ1n) is 6.36. The van der Waals surface area contributed by atoms with E-state index in [4.69, 9.17) is 27.9 Å². The van der Waals surface area contributed by atoms with Gasteiger partial charge in [0.25, 0.3) is 0 Å². The second kappa shape index (κ2) is 5.76. The minimum Gasteiger partial charge on any atom is -0.485 e. The van der Waals surface area contributed by atoms with Crippen molar-refractivity contribution in [3.05, 3.63) is 49.6 Å². The van der Waals surface area contributed by atoms with Crippen LogP contribution in [0, 0.1) is 0 Å². The van der Waals surface area contributed by atoms with E-state index in [2.05, 4.69) is 6.07 Å². The summed E-state index contributed by atoms with van der Waals surface area (Å²) in [5.41, 5.74) is 3.14. The predicted octanol–water partition coefficient (Wildman–Crippen LogP) is 4.81. The number of hydrogen-bond donors (Lipinski definition) is 0. The molecule has 2 aromatic rings. The van der Waals surface area contributed by atoms with Gasteiger partial charge < -0.3 is 4.74 Å². The number of ketones is 1. The van der Waals surface area contributed by atoms with Crippen LogP contribution in [0.3, 0.4) is 0 Å². The van der Waals surface area contributed by atoms with Gasteiger partial charge in [-0.05, 0) is 48.6 Å². The van der Waals surface area contributed by atoms with Gasteiger partial charge in [0.05, 0.1) is 9.90 Å². The van der Waals surface area contributed by atoms with E-state index in [0.717, 1.165) is 18.6 Å². The molecule has 5 heteroatoms. The van der Waals surface area contributed by atoms with Crippen LogP contribution in [0.1, 0.15) is 27.9 Å². The highest BCUT2D eigenvalue weighted by molar-refractivity contribution is 7.20. The number of carbonyl (C=O) groups is 1. The molecule has 1 aromatic heterocycles. The number of aryl methyl sites for hydroxylation is 2. The summed E-state index contributed by atoms with van der Waals surface area (Å²) in [4.78, 5) is 12.0. The number of Topliss-reactive ketones (excluding diaryl/α,β-unsaturated/α-hetero) is 1. The second-order valence-corrected chi connectivity index (χ2v) is 7.02. The molecule has 0 atom stereocenters. The minimum absolute atomic E-state index is 0.0223. The minimum atomic E-state index is -0.154. The van der Waals surface area contributed by atoms with Gasteiger partial charge in [0, 0.05) is 0 Å². The molecule has 0 unspecified atom stereocenters. The third-order valence-corrected chi connectivity index (χ3v) is 4.88. The molecule has 1 aliphatic rings. The van der Waals surface area contributed by atoms with E-state index in [-0.39, 0.29) is 12.4 Å². The zero-order valence-electron chi connectivity index (χ0n) is 10.6. The molecule has 0 amide bonds. The highest BCUT2D eigenvalue weighted by Crippen LogP contribution is 2.31. The average Bonchev–Trinajstić information content (AvgIpc) is 3.01. The standard InChI is InChI=1S/C15H12Cl2O2S/c16-14-7-12(15(17)20-14)13(18)8-19-11-5-4-9-2-1-3-10(9)6-11/h4-7H,1-3,8H2. The topological polar surface area (TPSA) is 26.3 Å². The largest absolute Gasteiger partial charge is 0.485 e. The fraction of sp³-hybridized carbons (Fsp3) is 0.267. The van der Waals surface area contributed by atoms with E-state index >= 15 is 0 Å². The quantitative estimate of drug-likeness (QED) is 0.754. The summed E-state index contributed by atoms with van der Waals surface area (Å²) in [6.45, 7) is -0.0223. The van der Waals surface area contributed by atoms with Crippen LogP contribution in [-0.4, -0.2) is 12.4 Å². The fourth-order valence-corrected chi connectivity index (χ4v) is 3.89. The Hall–Kier alpha value is -1.03. The molecule has 0 saturated carbocycles. The van der Waals surface area contributed by atoms with E-state index in [1.165, 1.54) is 28.9 Å². The van der Waals surface area contributed by atoms with Gasteiger partial charge in [-0.3, -0.25) is 4.79 Å².